The van der Waals surface area contributed by atoms with E-state index in [1.54, 1.807) is 0 Å². The van der Waals surface area contributed by atoms with Crippen molar-refractivity contribution in [3.05, 3.63) is 0 Å². The number of hydrogen-bond acceptors (Lipinski definition) is 2. The van der Waals surface area contributed by atoms with Gasteiger partial charge in [0.1, 0.15) is 0 Å². The number of alkyl halides is 1. The van der Waals surface area contributed by atoms with Crippen LogP contribution in [0.15, 0.2) is 0 Å². The molecule has 1 fully saturated rings. The van der Waals surface area contributed by atoms with E-state index in [4.69, 9.17) is 21.1 Å². The van der Waals surface area contributed by atoms with Gasteiger partial charge in [-0.1, -0.05) is 0 Å². The van der Waals surface area contributed by atoms with Crippen molar-refractivity contribution in [3.63, 3.8) is 0 Å². The third-order valence-electron chi connectivity index (χ3n) is 2.89. The lowest BCUT2D eigenvalue weighted by Gasteiger charge is -2.35. The SMILES string of the molecule is CCOCCCC1(CCl)CCCOC1. The zero-order valence-electron chi connectivity index (χ0n) is 9.06. The normalized spacial score (nSPS) is 27.9. The van der Waals surface area contributed by atoms with Crippen molar-refractivity contribution in [1.82, 2.24) is 0 Å². The van der Waals surface area contributed by atoms with Crippen molar-refractivity contribution in [2.75, 3.05) is 32.3 Å². The predicted molar refractivity (Wildman–Crippen MR) is 58.9 cm³/mol. The summed E-state index contributed by atoms with van der Waals surface area (Å²) < 4.78 is 10.8. The molecule has 1 aliphatic rings. The van der Waals surface area contributed by atoms with Crippen molar-refractivity contribution in [1.29, 1.82) is 0 Å². The zero-order valence-corrected chi connectivity index (χ0v) is 9.81. The first-order valence-electron chi connectivity index (χ1n) is 5.54. The predicted octanol–water partition coefficient (Wildman–Crippen LogP) is 2.84. The molecule has 14 heavy (non-hydrogen) atoms. The molecule has 0 spiro atoms. The molecule has 1 rings (SSSR count). The van der Waals surface area contributed by atoms with Gasteiger partial charge in [-0.2, -0.15) is 0 Å². The quantitative estimate of drug-likeness (QED) is 0.506. The lowest BCUT2D eigenvalue weighted by Crippen LogP contribution is -2.33. The Morgan fingerprint density at radius 1 is 1.50 bits per heavy atom. The summed E-state index contributed by atoms with van der Waals surface area (Å²) in [5, 5.41) is 0. The van der Waals surface area contributed by atoms with Crippen LogP contribution >= 0.6 is 11.6 Å². The molecule has 0 aromatic carbocycles. The third-order valence-corrected chi connectivity index (χ3v) is 3.45. The molecule has 1 atom stereocenters. The number of hydrogen-bond donors (Lipinski definition) is 0. The molecular formula is C11H21ClO2. The average molecular weight is 221 g/mol. The first-order valence-corrected chi connectivity index (χ1v) is 6.08. The maximum Gasteiger partial charge on any atom is 0.0533 e. The van der Waals surface area contributed by atoms with Crippen LogP contribution in [-0.2, 0) is 9.47 Å². The van der Waals surface area contributed by atoms with Gasteiger partial charge in [0.05, 0.1) is 6.61 Å². The lowest BCUT2D eigenvalue weighted by atomic mass is 9.80. The number of halogens is 1. The maximum atomic E-state index is 6.03. The molecule has 1 saturated heterocycles. The van der Waals surface area contributed by atoms with Gasteiger partial charge in [0.25, 0.3) is 0 Å². The molecule has 1 aliphatic heterocycles. The van der Waals surface area contributed by atoms with E-state index < -0.39 is 0 Å². The van der Waals surface area contributed by atoms with Crippen molar-refractivity contribution < 1.29 is 9.47 Å². The number of ether oxygens (including phenoxy) is 2. The fraction of sp³-hybridized carbons (Fsp3) is 1.00. The van der Waals surface area contributed by atoms with Gasteiger partial charge in [0, 0.05) is 31.1 Å². The maximum absolute atomic E-state index is 6.03. The van der Waals surface area contributed by atoms with E-state index in [1.165, 1.54) is 6.42 Å². The summed E-state index contributed by atoms with van der Waals surface area (Å²) in [7, 11) is 0. The number of rotatable bonds is 6. The van der Waals surface area contributed by atoms with Crippen LogP contribution in [0.3, 0.4) is 0 Å². The van der Waals surface area contributed by atoms with Gasteiger partial charge in [0.2, 0.25) is 0 Å². The molecule has 0 aromatic heterocycles. The van der Waals surface area contributed by atoms with Gasteiger partial charge < -0.3 is 9.47 Å². The van der Waals surface area contributed by atoms with Gasteiger partial charge in [-0.05, 0) is 32.6 Å². The Kier molecular flexibility index (Phi) is 5.83. The van der Waals surface area contributed by atoms with E-state index in [2.05, 4.69) is 0 Å². The Morgan fingerprint density at radius 3 is 2.93 bits per heavy atom. The Bertz CT molecular complexity index is 144. The zero-order chi connectivity index (χ0) is 10.3. The smallest absolute Gasteiger partial charge is 0.0533 e. The topological polar surface area (TPSA) is 18.5 Å². The highest BCUT2D eigenvalue weighted by Crippen LogP contribution is 2.34. The molecule has 0 bridgehead atoms. The van der Waals surface area contributed by atoms with E-state index in [1.807, 2.05) is 6.92 Å². The minimum Gasteiger partial charge on any atom is -0.382 e. The van der Waals surface area contributed by atoms with E-state index in [0.29, 0.717) is 0 Å². The summed E-state index contributed by atoms with van der Waals surface area (Å²) in [6, 6.07) is 0. The first-order chi connectivity index (χ1) is 6.83. The largest absolute Gasteiger partial charge is 0.382 e. The molecule has 0 N–H and O–H groups in total. The Balaban J connectivity index is 2.22. The van der Waals surface area contributed by atoms with Gasteiger partial charge in [0.15, 0.2) is 0 Å². The summed E-state index contributed by atoms with van der Waals surface area (Å²) in [5.74, 6) is 0.721. The molecular weight excluding hydrogens is 200 g/mol. The van der Waals surface area contributed by atoms with Crippen LogP contribution in [0.5, 0.6) is 0 Å². The molecule has 0 radical (unpaired) electrons. The molecule has 1 heterocycles. The molecule has 0 aromatic rings. The molecule has 0 saturated carbocycles. The summed E-state index contributed by atoms with van der Waals surface area (Å²) in [6.07, 6.45) is 4.60. The van der Waals surface area contributed by atoms with Gasteiger partial charge in [-0.15, -0.1) is 11.6 Å². The Labute approximate surface area is 91.9 Å². The van der Waals surface area contributed by atoms with Crippen molar-refractivity contribution in [3.8, 4) is 0 Å². The molecule has 0 amide bonds. The monoisotopic (exact) mass is 220 g/mol. The highest BCUT2D eigenvalue weighted by Gasteiger charge is 2.31. The van der Waals surface area contributed by atoms with E-state index in [-0.39, 0.29) is 5.41 Å². The van der Waals surface area contributed by atoms with E-state index in [0.717, 1.165) is 51.6 Å². The lowest BCUT2D eigenvalue weighted by molar-refractivity contribution is -0.00488. The minimum atomic E-state index is 0.233. The van der Waals surface area contributed by atoms with Crippen molar-refractivity contribution in [2.24, 2.45) is 5.41 Å². The summed E-state index contributed by atoms with van der Waals surface area (Å²) >= 11 is 6.03. The van der Waals surface area contributed by atoms with Crippen molar-refractivity contribution >= 4 is 11.6 Å². The highest BCUT2D eigenvalue weighted by atomic mass is 35.5. The van der Waals surface area contributed by atoms with Crippen LogP contribution in [-0.4, -0.2) is 32.3 Å². The Morgan fingerprint density at radius 2 is 2.36 bits per heavy atom. The van der Waals surface area contributed by atoms with Crippen LogP contribution in [0.25, 0.3) is 0 Å². The van der Waals surface area contributed by atoms with Gasteiger partial charge in [-0.25, -0.2) is 0 Å². The second kappa shape index (κ2) is 6.65. The van der Waals surface area contributed by atoms with Gasteiger partial charge >= 0.3 is 0 Å². The van der Waals surface area contributed by atoms with Crippen LogP contribution in [0.4, 0.5) is 0 Å². The molecule has 1 unspecified atom stereocenters. The second-order valence-electron chi connectivity index (χ2n) is 4.09. The van der Waals surface area contributed by atoms with Crippen LogP contribution in [0.1, 0.15) is 32.6 Å². The van der Waals surface area contributed by atoms with Crippen LogP contribution < -0.4 is 0 Å². The fourth-order valence-corrected chi connectivity index (χ4v) is 2.32. The Hall–Kier alpha value is 0.210. The van der Waals surface area contributed by atoms with Crippen molar-refractivity contribution in [2.45, 2.75) is 32.6 Å². The van der Waals surface area contributed by atoms with Crippen LogP contribution in [0, 0.1) is 5.41 Å². The average Bonchev–Trinajstić information content (AvgIpc) is 2.26. The second-order valence-corrected chi connectivity index (χ2v) is 4.36. The summed E-state index contributed by atoms with van der Waals surface area (Å²) in [4.78, 5) is 0. The first kappa shape index (κ1) is 12.3. The van der Waals surface area contributed by atoms with E-state index >= 15 is 0 Å². The van der Waals surface area contributed by atoms with Gasteiger partial charge in [-0.3, -0.25) is 0 Å². The molecule has 3 heteroatoms. The fourth-order valence-electron chi connectivity index (χ4n) is 1.97. The summed E-state index contributed by atoms with van der Waals surface area (Å²) in [6.45, 7) is 5.44. The standard InChI is InChI=1S/C11H21ClO2/c1-2-13-7-3-5-11(9-12)6-4-8-14-10-11/h2-10H2,1H3. The molecule has 0 aliphatic carbocycles. The molecule has 84 valence electrons. The minimum absolute atomic E-state index is 0.233. The van der Waals surface area contributed by atoms with E-state index in [9.17, 15) is 0 Å². The van der Waals surface area contributed by atoms with Crippen LogP contribution in [0.2, 0.25) is 0 Å². The highest BCUT2D eigenvalue weighted by molar-refractivity contribution is 6.18. The summed E-state index contributed by atoms with van der Waals surface area (Å²) in [5.41, 5.74) is 0.233. The third kappa shape index (κ3) is 3.76. The molecule has 2 nitrogen and oxygen atoms in total.